The third kappa shape index (κ3) is 10.8. The van der Waals surface area contributed by atoms with Crippen LogP contribution in [0.4, 0.5) is 0 Å². The normalized spacial score (nSPS) is 13.9. The fourth-order valence-corrected chi connectivity index (χ4v) is 3.39. The van der Waals surface area contributed by atoms with E-state index in [9.17, 15) is 9.90 Å². The Morgan fingerprint density at radius 2 is 1.17 bits per heavy atom. The average Bonchev–Trinajstić information content (AvgIpc) is 2.54. The molecule has 0 fully saturated rings. The van der Waals surface area contributed by atoms with E-state index in [-0.39, 0.29) is 12.5 Å². The van der Waals surface area contributed by atoms with Crippen LogP contribution in [0, 0.1) is 5.41 Å². The highest BCUT2D eigenvalue weighted by Crippen LogP contribution is 2.30. The summed E-state index contributed by atoms with van der Waals surface area (Å²) in [7, 11) is 0. The van der Waals surface area contributed by atoms with Gasteiger partial charge >= 0.3 is 0 Å². The summed E-state index contributed by atoms with van der Waals surface area (Å²) in [5.41, 5.74) is 4.84. The lowest BCUT2D eigenvalue weighted by Crippen LogP contribution is -2.40. The molecular formula is C20H41NO2. The van der Waals surface area contributed by atoms with Gasteiger partial charge in [0.2, 0.25) is 5.91 Å². The van der Waals surface area contributed by atoms with Crippen LogP contribution < -0.4 is 5.73 Å². The zero-order valence-electron chi connectivity index (χ0n) is 15.7. The first-order chi connectivity index (χ1) is 11.1. The average molecular weight is 328 g/mol. The van der Waals surface area contributed by atoms with Gasteiger partial charge < -0.3 is 10.8 Å². The lowest BCUT2D eigenvalue weighted by molar-refractivity contribution is -0.131. The maximum Gasteiger partial charge on any atom is 0.225 e. The summed E-state index contributed by atoms with van der Waals surface area (Å²) in [6.45, 7) is 4.19. The van der Waals surface area contributed by atoms with Crippen molar-refractivity contribution in [3.8, 4) is 0 Å². The summed E-state index contributed by atoms with van der Waals surface area (Å²) < 4.78 is 0. The van der Waals surface area contributed by atoms with E-state index in [4.69, 9.17) is 5.73 Å². The topological polar surface area (TPSA) is 63.3 Å². The molecule has 138 valence electrons. The second kappa shape index (κ2) is 15.0. The van der Waals surface area contributed by atoms with Gasteiger partial charge in [-0.15, -0.1) is 0 Å². The summed E-state index contributed by atoms with van der Waals surface area (Å²) in [4.78, 5) is 11.6. The molecule has 0 aromatic carbocycles. The number of hydrogen-bond acceptors (Lipinski definition) is 2. The summed E-state index contributed by atoms with van der Waals surface area (Å²) in [5, 5.41) is 9.55. The van der Waals surface area contributed by atoms with E-state index in [0.717, 1.165) is 25.7 Å². The number of hydrogen-bond donors (Lipinski definition) is 2. The Morgan fingerprint density at radius 1 is 0.739 bits per heavy atom. The second-order valence-electron chi connectivity index (χ2n) is 7.19. The van der Waals surface area contributed by atoms with E-state index in [1.54, 1.807) is 0 Å². The minimum Gasteiger partial charge on any atom is -0.395 e. The molecule has 3 N–H and O–H groups in total. The maximum atomic E-state index is 11.6. The molecule has 0 rings (SSSR count). The Hall–Kier alpha value is -0.570. The van der Waals surface area contributed by atoms with Crippen molar-refractivity contribution < 1.29 is 9.90 Å². The van der Waals surface area contributed by atoms with Gasteiger partial charge in [-0.3, -0.25) is 4.79 Å². The van der Waals surface area contributed by atoms with Crippen molar-refractivity contribution in [3.05, 3.63) is 0 Å². The molecule has 0 saturated heterocycles. The molecule has 0 bridgehead atoms. The van der Waals surface area contributed by atoms with Crippen molar-refractivity contribution in [1.29, 1.82) is 0 Å². The predicted octanol–water partition coefficient (Wildman–Crippen LogP) is 5.34. The molecule has 1 unspecified atom stereocenters. The molecule has 3 nitrogen and oxygen atoms in total. The number of nitrogens with two attached hydrogens (primary N) is 1. The van der Waals surface area contributed by atoms with E-state index in [2.05, 4.69) is 6.92 Å². The smallest absolute Gasteiger partial charge is 0.225 e. The van der Waals surface area contributed by atoms with Crippen molar-refractivity contribution in [1.82, 2.24) is 0 Å². The van der Waals surface area contributed by atoms with Gasteiger partial charge in [0.15, 0.2) is 0 Å². The van der Waals surface area contributed by atoms with Crippen molar-refractivity contribution in [2.75, 3.05) is 6.61 Å². The van der Waals surface area contributed by atoms with Gasteiger partial charge in [0.05, 0.1) is 12.0 Å². The number of carbonyl (C=O) groups is 1. The number of amides is 1. The minimum absolute atomic E-state index is 0.103. The molecule has 0 aromatic rings. The highest BCUT2D eigenvalue weighted by molar-refractivity contribution is 5.80. The number of aliphatic hydroxyl groups excluding tert-OH is 1. The third-order valence-corrected chi connectivity index (χ3v) is 5.06. The molecule has 23 heavy (non-hydrogen) atoms. The lowest BCUT2D eigenvalue weighted by Gasteiger charge is -2.28. The maximum absolute atomic E-state index is 11.6. The minimum atomic E-state index is -0.673. The molecule has 0 saturated carbocycles. The zero-order valence-corrected chi connectivity index (χ0v) is 15.7. The summed E-state index contributed by atoms with van der Waals surface area (Å²) in [5.74, 6) is -0.329. The Morgan fingerprint density at radius 3 is 1.52 bits per heavy atom. The summed E-state index contributed by atoms with van der Waals surface area (Å²) in [6.07, 6.45) is 18.0. The van der Waals surface area contributed by atoms with Crippen molar-refractivity contribution >= 4 is 5.91 Å². The van der Waals surface area contributed by atoms with Gasteiger partial charge in [-0.1, -0.05) is 97.3 Å². The first-order valence-corrected chi connectivity index (χ1v) is 10.0. The van der Waals surface area contributed by atoms with Crippen LogP contribution in [0.1, 0.15) is 110 Å². The third-order valence-electron chi connectivity index (χ3n) is 5.06. The molecule has 1 atom stereocenters. The van der Waals surface area contributed by atoms with Crippen LogP contribution in [0.15, 0.2) is 0 Å². The van der Waals surface area contributed by atoms with Gasteiger partial charge in [-0.25, -0.2) is 0 Å². The van der Waals surface area contributed by atoms with E-state index in [0.29, 0.717) is 6.42 Å². The van der Waals surface area contributed by atoms with Crippen molar-refractivity contribution in [3.63, 3.8) is 0 Å². The van der Waals surface area contributed by atoms with Crippen LogP contribution in [-0.2, 0) is 4.79 Å². The van der Waals surface area contributed by atoms with E-state index in [1.165, 1.54) is 64.2 Å². The van der Waals surface area contributed by atoms with Crippen molar-refractivity contribution in [2.45, 2.75) is 110 Å². The number of unbranched alkanes of at least 4 members (excludes halogenated alkanes) is 11. The monoisotopic (exact) mass is 327 g/mol. The molecule has 0 spiro atoms. The number of rotatable bonds is 17. The van der Waals surface area contributed by atoms with Gasteiger partial charge in [-0.05, 0) is 12.8 Å². The fourth-order valence-electron chi connectivity index (χ4n) is 3.39. The van der Waals surface area contributed by atoms with Gasteiger partial charge in [0.25, 0.3) is 0 Å². The van der Waals surface area contributed by atoms with E-state index in [1.807, 2.05) is 6.92 Å². The number of carbonyl (C=O) groups excluding carboxylic acids is 1. The molecule has 0 aliphatic carbocycles. The largest absolute Gasteiger partial charge is 0.395 e. The lowest BCUT2D eigenvalue weighted by atomic mass is 9.78. The SMILES string of the molecule is CCCCCCCCCCCCCCC(CO)(CCC)C(N)=O. The van der Waals surface area contributed by atoms with Crippen molar-refractivity contribution in [2.24, 2.45) is 11.1 Å². The Kier molecular flexibility index (Phi) is 14.6. The summed E-state index contributed by atoms with van der Waals surface area (Å²) in [6, 6.07) is 0. The summed E-state index contributed by atoms with van der Waals surface area (Å²) >= 11 is 0. The van der Waals surface area contributed by atoms with Crippen LogP contribution in [-0.4, -0.2) is 17.6 Å². The van der Waals surface area contributed by atoms with E-state index < -0.39 is 5.41 Å². The van der Waals surface area contributed by atoms with Crippen LogP contribution in [0.2, 0.25) is 0 Å². The molecule has 0 aliphatic rings. The highest BCUT2D eigenvalue weighted by Gasteiger charge is 2.34. The zero-order chi connectivity index (χ0) is 17.4. The molecule has 3 heteroatoms. The second-order valence-corrected chi connectivity index (χ2v) is 7.19. The van der Waals surface area contributed by atoms with Gasteiger partial charge in [0, 0.05) is 0 Å². The fraction of sp³-hybridized carbons (Fsp3) is 0.950. The molecular weight excluding hydrogens is 286 g/mol. The predicted molar refractivity (Wildman–Crippen MR) is 99.3 cm³/mol. The van der Waals surface area contributed by atoms with Crippen LogP contribution in [0.5, 0.6) is 0 Å². The van der Waals surface area contributed by atoms with Gasteiger partial charge in [0.1, 0.15) is 0 Å². The Labute approximate surface area is 144 Å². The Bertz CT molecular complexity index is 281. The van der Waals surface area contributed by atoms with Crippen LogP contribution in [0.25, 0.3) is 0 Å². The molecule has 0 aromatic heterocycles. The first kappa shape index (κ1) is 22.4. The van der Waals surface area contributed by atoms with Gasteiger partial charge in [-0.2, -0.15) is 0 Å². The molecule has 0 heterocycles. The quantitative estimate of drug-likeness (QED) is 0.354. The standard InChI is InChI=1S/C20H41NO2/c1-3-5-6-7-8-9-10-11-12-13-14-15-17-20(18-22,16-4-2)19(21)23/h22H,3-18H2,1-2H3,(H2,21,23). The Balaban J connectivity index is 3.55. The van der Waals surface area contributed by atoms with Crippen LogP contribution in [0.3, 0.4) is 0 Å². The highest BCUT2D eigenvalue weighted by atomic mass is 16.3. The van der Waals surface area contributed by atoms with Crippen LogP contribution >= 0.6 is 0 Å². The molecule has 0 aliphatic heterocycles. The first-order valence-electron chi connectivity index (χ1n) is 10.0. The molecule has 1 amide bonds. The molecule has 0 radical (unpaired) electrons. The van der Waals surface area contributed by atoms with E-state index >= 15 is 0 Å². The number of aliphatic hydroxyl groups is 1. The number of primary amides is 1.